The van der Waals surface area contributed by atoms with Gasteiger partial charge in [-0.25, -0.2) is 0 Å². The molecule has 0 radical (unpaired) electrons. The number of likely N-dealkylation sites (N-methyl/N-ethyl adjacent to an activating group) is 1. The van der Waals surface area contributed by atoms with E-state index in [0.717, 1.165) is 0 Å². The van der Waals surface area contributed by atoms with E-state index in [-0.39, 0.29) is 12.5 Å². The molecule has 1 aliphatic heterocycles. The number of nitrogens with two attached hydrogens (primary N) is 1. The van der Waals surface area contributed by atoms with Crippen molar-refractivity contribution in [2.75, 3.05) is 13.6 Å². The van der Waals surface area contributed by atoms with Crippen LogP contribution >= 0.6 is 0 Å². The smallest absolute Gasteiger partial charge is 0.308 e. The van der Waals surface area contributed by atoms with Crippen LogP contribution in [-0.2, 0) is 9.59 Å². The Bertz CT molecular complexity index is 323. The molecule has 2 unspecified atom stereocenters. The Morgan fingerprint density at radius 2 is 2.00 bits per heavy atom. The zero-order valence-electron chi connectivity index (χ0n) is 10.3. The number of rotatable bonds is 1. The van der Waals surface area contributed by atoms with E-state index in [0.29, 0.717) is 6.42 Å². The van der Waals surface area contributed by atoms with Gasteiger partial charge in [-0.2, -0.15) is 0 Å². The third-order valence-electron chi connectivity index (χ3n) is 3.36. The van der Waals surface area contributed by atoms with Crippen molar-refractivity contribution in [1.82, 2.24) is 4.90 Å². The molecular weight excluding hydrogens is 208 g/mol. The maximum atomic E-state index is 11.9. The molecule has 3 N–H and O–H groups in total. The van der Waals surface area contributed by atoms with Crippen molar-refractivity contribution < 1.29 is 14.7 Å². The van der Waals surface area contributed by atoms with Crippen LogP contribution < -0.4 is 5.73 Å². The highest BCUT2D eigenvalue weighted by atomic mass is 16.4. The molecule has 1 amide bonds. The first kappa shape index (κ1) is 13.0. The third-order valence-corrected chi connectivity index (χ3v) is 3.36. The van der Waals surface area contributed by atoms with Crippen LogP contribution in [0.1, 0.15) is 27.2 Å². The molecule has 0 saturated carbocycles. The summed E-state index contributed by atoms with van der Waals surface area (Å²) in [5.74, 6) is -1.64. The molecule has 0 aromatic rings. The fourth-order valence-corrected chi connectivity index (χ4v) is 2.60. The molecule has 5 nitrogen and oxygen atoms in total. The van der Waals surface area contributed by atoms with Gasteiger partial charge in [0.1, 0.15) is 0 Å². The summed E-state index contributed by atoms with van der Waals surface area (Å²) in [7, 11) is 1.60. The molecule has 0 spiro atoms. The van der Waals surface area contributed by atoms with Crippen molar-refractivity contribution in [1.29, 1.82) is 0 Å². The predicted molar refractivity (Wildman–Crippen MR) is 59.8 cm³/mol. The minimum Gasteiger partial charge on any atom is -0.481 e. The highest BCUT2D eigenvalue weighted by Crippen LogP contribution is 2.38. The molecule has 1 aliphatic rings. The van der Waals surface area contributed by atoms with Crippen LogP contribution in [0.25, 0.3) is 0 Å². The lowest BCUT2D eigenvalue weighted by atomic mass is 9.72. The van der Waals surface area contributed by atoms with Crippen LogP contribution in [0.15, 0.2) is 0 Å². The molecule has 1 fully saturated rings. The quantitative estimate of drug-likeness (QED) is 0.675. The minimum atomic E-state index is -0.984. The molecule has 1 rings (SSSR count). The van der Waals surface area contributed by atoms with Crippen LogP contribution in [0.3, 0.4) is 0 Å². The van der Waals surface area contributed by atoms with Gasteiger partial charge in [-0.1, -0.05) is 13.8 Å². The molecule has 92 valence electrons. The highest BCUT2D eigenvalue weighted by molar-refractivity contribution is 5.87. The summed E-state index contributed by atoms with van der Waals surface area (Å²) in [6.07, 6.45) is 0.375. The van der Waals surface area contributed by atoms with Crippen LogP contribution in [0.5, 0.6) is 0 Å². The predicted octanol–water partition coefficient (Wildman–Crippen LogP) is 0.293. The Hall–Kier alpha value is -1.10. The van der Waals surface area contributed by atoms with Gasteiger partial charge in [-0.05, 0) is 18.8 Å². The first-order valence-electron chi connectivity index (χ1n) is 5.35. The second-order valence-electron chi connectivity index (χ2n) is 5.66. The Morgan fingerprint density at radius 1 is 1.50 bits per heavy atom. The summed E-state index contributed by atoms with van der Waals surface area (Å²) in [6.45, 7) is 5.58. The molecular formula is C11H20N2O3. The van der Waals surface area contributed by atoms with Gasteiger partial charge in [0.2, 0.25) is 5.91 Å². The molecule has 0 bridgehead atoms. The molecule has 1 heterocycles. The normalized spacial score (nSPS) is 34.7. The topological polar surface area (TPSA) is 83.6 Å². The number of amides is 1. The van der Waals surface area contributed by atoms with Crippen LogP contribution in [0.2, 0.25) is 0 Å². The van der Waals surface area contributed by atoms with E-state index in [9.17, 15) is 14.7 Å². The molecule has 5 heteroatoms. The standard InChI is InChI=1S/C11H20N2O3/c1-10(2)6-11(3,12)9(16)13(4)5-7(10)8(14)15/h7H,5-6,12H2,1-4H3,(H,14,15). The van der Waals surface area contributed by atoms with Gasteiger partial charge in [0.15, 0.2) is 0 Å². The second-order valence-corrected chi connectivity index (χ2v) is 5.66. The average molecular weight is 228 g/mol. The molecule has 16 heavy (non-hydrogen) atoms. The van der Waals surface area contributed by atoms with E-state index in [4.69, 9.17) is 5.73 Å². The van der Waals surface area contributed by atoms with Gasteiger partial charge in [0, 0.05) is 13.6 Å². The number of carbonyl (C=O) groups excluding carboxylic acids is 1. The summed E-state index contributed by atoms with van der Waals surface area (Å²) >= 11 is 0. The van der Waals surface area contributed by atoms with Crippen molar-refractivity contribution in [3.05, 3.63) is 0 Å². The lowest BCUT2D eigenvalue weighted by Crippen LogP contribution is -2.51. The Labute approximate surface area is 95.6 Å². The monoisotopic (exact) mass is 228 g/mol. The van der Waals surface area contributed by atoms with Crippen LogP contribution in [-0.4, -0.2) is 41.0 Å². The number of nitrogens with zero attached hydrogens (tertiary/aromatic N) is 1. The van der Waals surface area contributed by atoms with Crippen LogP contribution in [0.4, 0.5) is 0 Å². The minimum absolute atomic E-state index is 0.190. The number of hydrogen-bond acceptors (Lipinski definition) is 3. The van der Waals surface area contributed by atoms with E-state index in [1.165, 1.54) is 4.90 Å². The number of carboxylic acid groups (broad SMARTS) is 1. The fraction of sp³-hybridized carbons (Fsp3) is 0.818. The van der Waals surface area contributed by atoms with Gasteiger partial charge in [0.05, 0.1) is 11.5 Å². The van der Waals surface area contributed by atoms with E-state index in [1.54, 1.807) is 14.0 Å². The maximum Gasteiger partial charge on any atom is 0.308 e. The number of hydrogen-bond donors (Lipinski definition) is 2. The molecule has 0 aliphatic carbocycles. The van der Waals surface area contributed by atoms with Gasteiger partial charge in [-0.15, -0.1) is 0 Å². The summed E-state index contributed by atoms with van der Waals surface area (Å²) in [6, 6.07) is 0. The lowest BCUT2D eigenvalue weighted by Gasteiger charge is -2.33. The largest absolute Gasteiger partial charge is 0.481 e. The van der Waals surface area contributed by atoms with Gasteiger partial charge in [-0.3, -0.25) is 9.59 Å². The zero-order valence-corrected chi connectivity index (χ0v) is 10.3. The SMILES string of the molecule is CN1CC(C(=O)O)C(C)(C)CC(C)(N)C1=O. The Morgan fingerprint density at radius 3 is 2.44 bits per heavy atom. The molecule has 2 atom stereocenters. The van der Waals surface area contributed by atoms with Gasteiger partial charge in [0.25, 0.3) is 0 Å². The van der Waals surface area contributed by atoms with Crippen molar-refractivity contribution in [2.24, 2.45) is 17.1 Å². The maximum absolute atomic E-state index is 11.9. The Kier molecular flexibility index (Phi) is 3.02. The summed E-state index contributed by atoms with van der Waals surface area (Å²) in [5, 5.41) is 9.19. The van der Waals surface area contributed by atoms with E-state index in [2.05, 4.69) is 0 Å². The van der Waals surface area contributed by atoms with Crippen LogP contribution in [0, 0.1) is 11.3 Å². The summed E-state index contributed by atoms with van der Waals surface area (Å²) in [5.41, 5.74) is 4.49. The Balaban J connectivity index is 3.13. The van der Waals surface area contributed by atoms with Crippen molar-refractivity contribution in [3.63, 3.8) is 0 Å². The van der Waals surface area contributed by atoms with Crippen molar-refractivity contribution >= 4 is 11.9 Å². The molecule has 1 saturated heterocycles. The second kappa shape index (κ2) is 3.73. The molecule has 0 aromatic heterocycles. The van der Waals surface area contributed by atoms with Gasteiger partial charge >= 0.3 is 5.97 Å². The highest BCUT2D eigenvalue weighted by Gasteiger charge is 2.47. The first-order chi connectivity index (χ1) is 7.08. The van der Waals surface area contributed by atoms with Crippen molar-refractivity contribution in [2.45, 2.75) is 32.7 Å². The number of carbonyl (C=O) groups is 2. The number of likely N-dealkylation sites (tertiary alicyclic amines) is 1. The average Bonchev–Trinajstić information content (AvgIpc) is 2.13. The van der Waals surface area contributed by atoms with E-state index >= 15 is 0 Å². The van der Waals surface area contributed by atoms with E-state index in [1.807, 2.05) is 13.8 Å². The first-order valence-corrected chi connectivity index (χ1v) is 5.35. The zero-order chi connectivity index (χ0) is 12.7. The molecule has 0 aromatic carbocycles. The third kappa shape index (κ3) is 2.19. The summed E-state index contributed by atoms with van der Waals surface area (Å²) in [4.78, 5) is 24.6. The number of carboxylic acids is 1. The number of aliphatic carboxylic acids is 1. The lowest BCUT2D eigenvalue weighted by molar-refractivity contribution is -0.146. The van der Waals surface area contributed by atoms with Crippen molar-refractivity contribution in [3.8, 4) is 0 Å². The van der Waals surface area contributed by atoms with Gasteiger partial charge < -0.3 is 15.7 Å². The van der Waals surface area contributed by atoms with E-state index < -0.39 is 22.8 Å². The fourth-order valence-electron chi connectivity index (χ4n) is 2.60. The summed E-state index contributed by atoms with van der Waals surface area (Å²) < 4.78 is 0.